The van der Waals surface area contributed by atoms with Crippen LogP contribution in [0.1, 0.15) is 32.4 Å². The quantitative estimate of drug-likeness (QED) is 0.849. The lowest BCUT2D eigenvalue weighted by Gasteiger charge is -2.23. The minimum atomic E-state index is -0.861. The van der Waals surface area contributed by atoms with Gasteiger partial charge >= 0.3 is 0 Å². The zero-order chi connectivity index (χ0) is 13.1. The van der Waals surface area contributed by atoms with Crippen LogP contribution in [0, 0.1) is 5.82 Å². The predicted octanol–water partition coefficient (Wildman–Crippen LogP) is 2.26. The summed E-state index contributed by atoms with van der Waals surface area (Å²) < 4.78 is 18.5. The summed E-state index contributed by atoms with van der Waals surface area (Å²) in [6.07, 6.45) is -0.861. The monoisotopic (exact) mass is 241 g/mol. The Morgan fingerprint density at radius 1 is 1.41 bits per heavy atom. The van der Waals surface area contributed by atoms with Crippen molar-refractivity contribution in [2.75, 3.05) is 13.7 Å². The maximum atomic E-state index is 13.6. The molecule has 0 bridgehead atoms. The highest BCUT2D eigenvalue weighted by atomic mass is 19.1. The highest BCUT2D eigenvalue weighted by molar-refractivity contribution is 5.30. The first-order chi connectivity index (χ1) is 7.83. The molecular weight excluding hydrogens is 221 g/mol. The number of nitrogens with one attached hydrogen (secondary N) is 1. The third kappa shape index (κ3) is 4.32. The van der Waals surface area contributed by atoms with E-state index in [4.69, 9.17) is 4.74 Å². The maximum Gasteiger partial charge on any atom is 0.132 e. The lowest BCUT2D eigenvalue weighted by atomic mass is 10.1. The third-order valence-corrected chi connectivity index (χ3v) is 2.39. The van der Waals surface area contributed by atoms with Crippen LogP contribution >= 0.6 is 0 Å². The molecule has 1 unspecified atom stereocenters. The number of aliphatic hydroxyl groups excluding tert-OH is 1. The zero-order valence-corrected chi connectivity index (χ0v) is 10.7. The molecule has 0 heterocycles. The number of aliphatic hydroxyl groups is 1. The van der Waals surface area contributed by atoms with Gasteiger partial charge in [-0.25, -0.2) is 4.39 Å². The average molecular weight is 241 g/mol. The van der Waals surface area contributed by atoms with Gasteiger partial charge in [-0.15, -0.1) is 0 Å². The van der Waals surface area contributed by atoms with E-state index in [0.29, 0.717) is 12.3 Å². The molecule has 4 heteroatoms. The molecule has 0 aliphatic rings. The van der Waals surface area contributed by atoms with Gasteiger partial charge in [0, 0.05) is 23.7 Å². The first-order valence-electron chi connectivity index (χ1n) is 5.60. The first-order valence-corrected chi connectivity index (χ1v) is 5.60. The Balaban J connectivity index is 2.72. The molecule has 1 rings (SSSR count). The van der Waals surface area contributed by atoms with Crippen LogP contribution in [0.4, 0.5) is 4.39 Å². The van der Waals surface area contributed by atoms with Gasteiger partial charge in [-0.05, 0) is 32.9 Å². The Hall–Kier alpha value is -1.13. The van der Waals surface area contributed by atoms with Crippen molar-refractivity contribution < 1.29 is 14.2 Å². The van der Waals surface area contributed by atoms with Crippen molar-refractivity contribution in [1.82, 2.24) is 5.32 Å². The minimum Gasteiger partial charge on any atom is -0.497 e. The predicted molar refractivity (Wildman–Crippen MR) is 65.7 cm³/mol. The molecular formula is C13H20FNO2. The zero-order valence-electron chi connectivity index (χ0n) is 10.7. The molecule has 2 N–H and O–H groups in total. The number of β-amino-alcohol motifs (C(OH)–C–C–N with tert-alkyl or cyclic N) is 1. The van der Waals surface area contributed by atoms with E-state index in [-0.39, 0.29) is 11.1 Å². The van der Waals surface area contributed by atoms with Crippen molar-refractivity contribution in [3.05, 3.63) is 29.6 Å². The highest BCUT2D eigenvalue weighted by Crippen LogP contribution is 2.21. The van der Waals surface area contributed by atoms with Crippen LogP contribution in [0.5, 0.6) is 5.75 Å². The van der Waals surface area contributed by atoms with Crippen LogP contribution in [0.2, 0.25) is 0 Å². The van der Waals surface area contributed by atoms with E-state index in [1.807, 2.05) is 20.8 Å². The molecule has 1 aromatic carbocycles. The van der Waals surface area contributed by atoms with E-state index in [1.54, 1.807) is 12.1 Å². The smallest absolute Gasteiger partial charge is 0.132 e. The van der Waals surface area contributed by atoms with Crippen LogP contribution in [-0.2, 0) is 0 Å². The van der Waals surface area contributed by atoms with Gasteiger partial charge in [0.25, 0.3) is 0 Å². The number of benzene rings is 1. The van der Waals surface area contributed by atoms with Gasteiger partial charge in [0.1, 0.15) is 11.6 Å². The molecule has 0 aromatic heterocycles. The van der Waals surface area contributed by atoms with Gasteiger partial charge in [0.15, 0.2) is 0 Å². The summed E-state index contributed by atoms with van der Waals surface area (Å²) in [5, 5.41) is 13.0. The molecule has 0 saturated heterocycles. The van der Waals surface area contributed by atoms with E-state index in [1.165, 1.54) is 13.2 Å². The average Bonchev–Trinajstić information content (AvgIpc) is 2.24. The second-order valence-corrected chi connectivity index (χ2v) is 5.03. The summed E-state index contributed by atoms with van der Waals surface area (Å²) in [5.74, 6) is -0.00482. The SMILES string of the molecule is COc1ccc(C(O)CNC(C)(C)C)c(F)c1. The summed E-state index contributed by atoms with van der Waals surface area (Å²) in [5.41, 5.74) is 0.173. The normalized spacial score (nSPS) is 13.5. The Labute approximate surface area is 102 Å². The summed E-state index contributed by atoms with van der Waals surface area (Å²) in [6, 6.07) is 4.46. The van der Waals surface area contributed by atoms with E-state index in [0.717, 1.165) is 0 Å². The Kier molecular flexibility index (Phi) is 4.48. The standard InChI is InChI=1S/C13H20FNO2/c1-13(2,3)15-8-12(16)10-6-5-9(17-4)7-11(10)14/h5-7,12,15-16H,8H2,1-4H3. The molecule has 0 aliphatic carbocycles. The van der Waals surface area contributed by atoms with E-state index >= 15 is 0 Å². The fraction of sp³-hybridized carbons (Fsp3) is 0.538. The molecule has 3 nitrogen and oxygen atoms in total. The van der Waals surface area contributed by atoms with Crippen molar-refractivity contribution in [2.45, 2.75) is 32.4 Å². The minimum absolute atomic E-state index is 0.107. The van der Waals surface area contributed by atoms with Crippen molar-refractivity contribution >= 4 is 0 Å². The molecule has 0 aliphatic heterocycles. The van der Waals surface area contributed by atoms with E-state index in [2.05, 4.69) is 5.32 Å². The van der Waals surface area contributed by atoms with Gasteiger partial charge in [-0.1, -0.05) is 0 Å². The topological polar surface area (TPSA) is 41.5 Å². The van der Waals surface area contributed by atoms with Gasteiger partial charge in [0.05, 0.1) is 13.2 Å². The first kappa shape index (κ1) is 13.9. The Morgan fingerprint density at radius 2 is 2.06 bits per heavy atom. The molecule has 0 radical (unpaired) electrons. The fourth-order valence-electron chi connectivity index (χ4n) is 1.42. The second kappa shape index (κ2) is 5.47. The Bertz CT molecular complexity index is 374. The summed E-state index contributed by atoms with van der Waals surface area (Å²) in [7, 11) is 1.48. The van der Waals surface area contributed by atoms with Crippen LogP contribution in [0.3, 0.4) is 0 Å². The molecule has 96 valence electrons. The number of halogens is 1. The Morgan fingerprint density at radius 3 is 2.53 bits per heavy atom. The molecule has 0 fully saturated rings. The number of ether oxygens (including phenoxy) is 1. The molecule has 0 saturated carbocycles. The largest absolute Gasteiger partial charge is 0.497 e. The van der Waals surface area contributed by atoms with E-state index < -0.39 is 11.9 Å². The van der Waals surface area contributed by atoms with Crippen molar-refractivity contribution in [2.24, 2.45) is 0 Å². The number of hydrogen-bond acceptors (Lipinski definition) is 3. The van der Waals surface area contributed by atoms with Crippen molar-refractivity contribution in [3.8, 4) is 5.75 Å². The van der Waals surface area contributed by atoms with Crippen LogP contribution in [0.15, 0.2) is 18.2 Å². The van der Waals surface area contributed by atoms with Gasteiger partial charge < -0.3 is 15.2 Å². The third-order valence-electron chi connectivity index (χ3n) is 2.39. The van der Waals surface area contributed by atoms with Crippen molar-refractivity contribution in [1.29, 1.82) is 0 Å². The number of methoxy groups -OCH3 is 1. The fourth-order valence-corrected chi connectivity index (χ4v) is 1.42. The van der Waals surface area contributed by atoms with Gasteiger partial charge in [0.2, 0.25) is 0 Å². The van der Waals surface area contributed by atoms with Gasteiger partial charge in [-0.2, -0.15) is 0 Å². The maximum absolute atomic E-state index is 13.6. The second-order valence-electron chi connectivity index (χ2n) is 5.03. The van der Waals surface area contributed by atoms with E-state index in [9.17, 15) is 9.50 Å². The highest BCUT2D eigenvalue weighted by Gasteiger charge is 2.16. The van der Waals surface area contributed by atoms with Crippen LogP contribution in [-0.4, -0.2) is 24.3 Å². The molecule has 1 aromatic rings. The lowest BCUT2D eigenvalue weighted by molar-refractivity contribution is 0.159. The summed E-state index contributed by atoms with van der Waals surface area (Å²) in [4.78, 5) is 0. The molecule has 0 amide bonds. The molecule has 1 atom stereocenters. The number of hydrogen-bond donors (Lipinski definition) is 2. The lowest BCUT2D eigenvalue weighted by Crippen LogP contribution is -2.38. The molecule has 0 spiro atoms. The summed E-state index contributed by atoms with van der Waals surface area (Å²) in [6.45, 7) is 6.28. The van der Waals surface area contributed by atoms with Gasteiger partial charge in [-0.3, -0.25) is 0 Å². The molecule has 17 heavy (non-hydrogen) atoms. The summed E-state index contributed by atoms with van der Waals surface area (Å²) >= 11 is 0. The van der Waals surface area contributed by atoms with Crippen molar-refractivity contribution in [3.63, 3.8) is 0 Å². The van der Waals surface area contributed by atoms with Crippen LogP contribution < -0.4 is 10.1 Å². The number of rotatable bonds is 4. The van der Waals surface area contributed by atoms with Crippen LogP contribution in [0.25, 0.3) is 0 Å².